The zero-order valence-corrected chi connectivity index (χ0v) is 26.4. The standard InChI is InChI=1S/C33H47ClO10/c1-5-6-14-25(35)22(4)27(37)19-28(38)32(41)31(40)21(3)24(34)13-9-7-11-20(2)12-8-10-15-30(39)44-29-18-23(33(42)43)16-17-26(29)36/h6-16,21-22,25-29,31-32,35-38,40-41H,5,17-19H2,1-4H3,(H,42,43)/b9-7+,12-8+,14-6+,15-10+,20-11+,24-13-/t21-,22-,25-,26+,27-,28-,29-,31-,32-/m1/s1. The molecule has 0 spiro atoms. The fraction of sp³-hybridized carbons (Fsp3) is 0.515. The van der Waals surface area contributed by atoms with Crippen LogP contribution < -0.4 is 0 Å². The molecule has 1 aliphatic carbocycles. The molecule has 10 nitrogen and oxygen atoms in total. The van der Waals surface area contributed by atoms with Gasteiger partial charge in [0.25, 0.3) is 0 Å². The first-order chi connectivity index (χ1) is 20.7. The summed E-state index contributed by atoms with van der Waals surface area (Å²) in [6.45, 7) is 6.94. The highest BCUT2D eigenvalue weighted by atomic mass is 35.5. The predicted octanol–water partition coefficient (Wildman–Crippen LogP) is 3.23. The third kappa shape index (κ3) is 13.9. The second-order valence-electron chi connectivity index (χ2n) is 10.9. The molecule has 0 saturated carbocycles. The minimum atomic E-state index is -1.58. The zero-order valence-electron chi connectivity index (χ0n) is 25.6. The van der Waals surface area contributed by atoms with Gasteiger partial charge in [0, 0.05) is 41.4 Å². The van der Waals surface area contributed by atoms with Gasteiger partial charge in [0.05, 0.1) is 30.5 Å². The fourth-order valence-electron chi connectivity index (χ4n) is 4.20. The van der Waals surface area contributed by atoms with Crippen molar-refractivity contribution < 1.29 is 50.1 Å². The molecule has 0 unspecified atom stereocenters. The molecule has 1 aliphatic rings. The molecule has 246 valence electrons. The van der Waals surface area contributed by atoms with E-state index in [0.29, 0.717) is 0 Å². The number of hydrogen-bond acceptors (Lipinski definition) is 9. The first-order valence-electron chi connectivity index (χ1n) is 14.6. The lowest BCUT2D eigenvalue weighted by molar-refractivity contribution is -0.150. The van der Waals surface area contributed by atoms with Crippen molar-refractivity contribution in [2.45, 2.75) is 96.1 Å². The first-order valence-corrected chi connectivity index (χ1v) is 15.0. The van der Waals surface area contributed by atoms with Crippen LogP contribution in [0.5, 0.6) is 0 Å². The van der Waals surface area contributed by atoms with Crippen LogP contribution in [0.15, 0.2) is 83.0 Å². The van der Waals surface area contributed by atoms with Crippen molar-refractivity contribution in [3.8, 4) is 0 Å². The lowest BCUT2D eigenvalue weighted by Gasteiger charge is -2.30. The van der Waals surface area contributed by atoms with Gasteiger partial charge in [-0.1, -0.05) is 92.6 Å². The van der Waals surface area contributed by atoms with Gasteiger partial charge in [-0.25, -0.2) is 9.59 Å². The van der Waals surface area contributed by atoms with Gasteiger partial charge in [-0.15, -0.1) is 0 Å². The molecule has 0 saturated heterocycles. The van der Waals surface area contributed by atoms with Crippen molar-refractivity contribution in [2.24, 2.45) is 11.8 Å². The van der Waals surface area contributed by atoms with E-state index in [0.717, 1.165) is 12.0 Å². The number of allylic oxidation sites excluding steroid dienone is 9. The Morgan fingerprint density at radius 1 is 1.00 bits per heavy atom. The van der Waals surface area contributed by atoms with Gasteiger partial charge in [0.2, 0.25) is 0 Å². The Kier molecular flexibility index (Phi) is 18.0. The van der Waals surface area contributed by atoms with Crippen LogP contribution in [0.4, 0.5) is 0 Å². The summed E-state index contributed by atoms with van der Waals surface area (Å²) in [4.78, 5) is 23.1. The van der Waals surface area contributed by atoms with E-state index in [9.17, 15) is 40.2 Å². The molecule has 0 radical (unpaired) electrons. The summed E-state index contributed by atoms with van der Waals surface area (Å²) in [7, 11) is 0. The summed E-state index contributed by atoms with van der Waals surface area (Å²) < 4.78 is 5.17. The Morgan fingerprint density at radius 2 is 1.64 bits per heavy atom. The number of ether oxygens (including phenoxy) is 1. The van der Waals surface area contributed by atoms with E-state index in [1.165, 1.54) is 24.3 Å². The Bertz CT molecular complexity index is 1140. The molecule has 0 fully saturated rings. The molecule has 11 heteroatoms. The number of halogens is 1. The molecule has 0 aromatic heterocycles. The lowest BCUT2D eigenvalue weighted by atomic mass is 9.88. The van der Waals surface area contributed by atoms with Crippen LogP contribution in [0.1, 0.15) is 53.4 Å². The number of aliphatic hydroxyl groups is 6. The van der Waals surface area contributed by atoms with E-state index < -0.39 is 66.5 Å². The summed E-state index contributed by atoms with van der Waals surface area (Å²) in [6, 6.07) is 0. The molecular weight excluding hydrogens is 592 g/mol. The normalized spacial score (nSPS) is 23.5. The number of carboxylic acid groups (broad SMARTS) is 1. The number of hydrogen-bond donors (Lipinski definition) is 7. The van der Waals surface area contributed by atoms with Gasteiger partial charge in [-0.2, -0.15) is 0 Å². The van der Waals surface area contributed by atoms with Crippen LogP contribution in [-0.4, -0.2) is 90.4 Å². The number of carboxylic acids is 1. The molecule has 0 aromatic rings. The predicted molar refractivity (Wildman–Crippen MR) is 168 cm³/mol. The maximum atomic E-state index is 12.0. The van der Waals surface area contributed by atoms with Crippen LogP contribution in [0.25, 0.3) is 0 Å². The number of rotatable bonds is 17. The summed E-state index contributed by atoms with van der Waals surface area (Å²) in [6.07, 6.45) is 9.51. The number of carbonyl (C=O) groups excluding carboxylic acids is 1. The number of carbonyl (C=O) groups is 2. The van der Waals surface area contributed by atoms with Crippen molar-refractivity contribution >= 4 is 23.5 Å². The second-order valence-corrected chi connectivity index (χ2v) is 11.3. The minimum absolute atomic E-state index is 0.0640. The van der Waals surface area contributed by atoms with Crippen molar-refractivity contribution in [1.82, 2.24) is 0 Å². The molecular formula is C33H47ClO10. The Hall–Kier alpha value is -2.83. The molecule has 0 amide bonds. The second kappa shape index (κ2) is 20.2. The van der Waals surface area contributed by atoms with Gasteiger partial charge in [-0.3, -0.25) is 0 Å². The Morgan fingerprint density at radius 3 is 2.27 bits per heavy atom. The molecule has 0 heterocycles. The zero-order chi connectivity index (χ0) is 33.4. The highest BCUT2D eigenvalue weighted by molar-refractivity contribution is 6.30. The highest BCUT2D eigenvalue weighted by Gasteiger charge is 2.33. The molecule has 1 rings (SSSR count). The van der Waals surface area contributed by atoms with Crippen LogP contribution in [0, 0.1) is 11.8 Å². The average Bonchev–Trinajstić information content (AvgIpc) is 2.99. The van der Waals surface area contributed by atoms with Crippen LogP contribution in [-0.2, 0) is 14.3 Å². The fourth-order valence-corrected chi connectivity index (χ4v) is 4.41. The summed E-state index contributed by atoms with van der Waals surface area (Å²) in [5.74, 6) is -3.13. The van der Waals surface area contributed by atoms with E-state index in [1.807, 2.05) is 13.8 Å². The SMILES string of the molecule is CC/C=C/[C@@H](O)[C@@H](C)[C@H](O)C[C@@H](O)[C@@H](O)[C@H](O)[C@H](C)/C(Cl)=C/C=C/C=C(C)/C=C/C=C/C(=O)O[C@@H]1CC(C(=O)O)=CC[C@@H]1O. The van der Waals surface area contributed by atoms with E-state index in [-0.39, 0.29) is 29.9 Å². The third-order valence-electron chi connectivity index (χ3n) is 7.32. The van der Waals surface area contributed by atoms with Crippen LogP contribution >= 0.6 is 11.6 Å². The molecule has 0 bridgehead atoms. The van der Waals surface area contributed by atoms with E-state index in [1.54, 1.807) is 56.4 Å². The smallest absolute Gasteiger partial charge is 0.331 e. The topological polar surface area (TPSA) is 185 Å². The van der Waals surface area contributed by atoms with Gasteiger partial charge >= 0.3 is 11.9 Å². The number of aliphatic carboxylic acids is 1. The van der Waals surface area contributed by atoms with Crippen LogP contribution in [0.2, 0.25) is 0 Å². The molecule has 9 atom stereocenters. The first kappa shape index (κ1) is 39.2. The van der Waals surface area contributed by atoms with Gasteiger partial charge in [-0.05, 0) is 25.8 Å². The molecule has 0 aromatic carbocycles. The van der Waals surface area contributed by atoms with E-state index in [4.69, 9.17) is 21.4 Å². The van der Waals surface area contributed by atoms with E-state index in [2.05, 4.69) is 0 Å². The van der Waals surface area contributed by atoms with Gasteiger partial charge < -0.3 is 40.5 Å². The largest absolute Gasteiger partial charge is 0.478 e. The Balaban J connectivity index is 2.60. The molecule has 44 heavy (non-hydrogen) atoms. The van der Waals surface area contributed by atoms with Crippen molar-refractivity contribution in [3.63, 3.8) is 0 Å². The van der Waals surface area contributed by atoms with Crippen molar-refractivity contribution in [1.29, 1.82) is 0 Å². The number of esters is 1. The maximum Gasteiger partial charge on any atom is 0.331 e. The van der Waals surface area contributed by atoms with Gasteiger partial charge in [0.15, 0.2) is 0 Å². The molecule has 0 aliphatic heterocycles. The highest BCUT2D eigenvalue weighted by Crippen LogP contribution is 2.25. The van der Waals surface area contributed by atoms with E-state index >= 15 is 0 Å². The quantitative estimate of drug-likeness (QED) is 0.0540. The summed E-state index contributed by atoms with van der Waals surface area (Å²) >= 11 is 6.30. The minimum Gasteiger partial charge on any atom is -0.478 e. The maximum absolute atomic E-state index is 12.0. The molecule has 7 N–H and O–H groups in total. The third-order valence-corrected chi connectivity index (χ3v) is 7.79. The Labute approximate surface area is 264 Å². The van der Waals surface area contributed by atoms with Gasteiger partial charge in [0.1, 0.15) is 12.2 Å². The average molecular weight is 639 g/mol. The summed E-state index contributed by atoms with van der Waals surface area (Å²) in [5, 5.41) is 71.1. The van der Waals surface area contributed by atoms with Crippen molar-refractivity contribution in [2.75, 3.05) is 0 Å². The van der Waals surface area contributed by atoms with Crippen LogP contribution in [0.3, 0.4) is 0 Å². The lowest BCUT2D eigenvalue weighted by Crippen LogP contribution is -2.44. The van der Waals surface area contributed by atoms with Crippen molar-refractivity contribution in [3.05, 3.63) is 83.0 Å². The number of aliphatic hydroxyl groups excluding tert-OH is 6. The monoisotopic (exact) mass is 638 g/mol. The summed E-state index contributed by atoms with van der Waals surface area (Å²) in [5.41, 5.74) is 0.913.